The van der Waals surface area contributed by atoms with Gasteiger partial charge in [0, 0.05) is 30.7 Å². The Hall–Kier alpha value is -2.31. The minimum Gasteiger partial charge on any atom is -0.332 e. The standard InChI is InChI=1S/C17H18N4O4S3/c1-21(2)28(24,25)15-7-3-12(4-8-15)16-11-26-17(20-16)19-13-5-9-14(10-6-13)27(18,22)23/h3-11H,1-2H3,(H,19,20)(H2,18,22,23). The SMILES string of the molecule is CN(C)S(=O)(=O)c1ccc(-c2csc(Nc3ccc(S(N)(=O)=O)cc3)n2)cc1. The molecule has 3 N–H and O–H groups in total. The van der Waals surface area contributed by atoms with Gasteiger partial charge in [-0.05, 0) is 36.4 Å². The third-order valence-electron chi connectivity index (χ3n) is 3.87. The zero-order valence-corrected chi connectivity index (χ0v) is 17.5. The predicted molar refractivity (Wildman–Crippen MR) is 110 cm³/mol. The van der Waals surface area contributed by atoms with E-state index in [2.05, 4.69) is 10.3 Å². The Bertz CT molecular complexity index is 1180. The summed E-state index contributed by atoms with van der Waals surface area (Å²) in [5, 5.41) is 10.6. The van der Waals surface area contributed by atoms with Crippen LogP contribution in [0.25, 0.3) is 11.3 Å². The van der Waals surface area contributed by atoms with Crippen molar-refractivity contribution < 1.29 is 16.8 Å². The van der Waals surface area contributed by atoms with E-state index >= 15 is 0 Å². The van der Waals surface area contributed by atoms with E-state index < -0.39 is 20.0 Å². The molecule has 3 aromatic rings. The van der Waals surface area contributed by atoms with Crippen LogP contribution in [0.15, 0.2) is 63.7 Å². The van der Waals surface area contributed by atoms with Gasteiger partial charge in [-0.2, -0.15) is 0 Å². The number of thiazole rings is 1. The lowest BCUT2D eigenvalue weighted by Gasteiger charge is -2.11. The summed E-state index contributed by atoms with van der Waals surface area (Å²) in [5.74, 6) is 0. The first-order valence-corrected chi connectivity index (χ1v) is 11.8. The number of nitrogens with one attached hydrogen (secondary N) is 1. The maximum atomic E-state index is 12.1. The summed E-state index contributed by atoms with van der Waals surface area (Å²) in [6.07, 6.45) is 0. The number of nitrogens with zero attached hydrogens (tertiary/aromatic N) is 2. The third-order valence-corrected chi connectivity index (χ3v) is 7.38. The van der Waals surface area contributed by atoms with E-state index in [1.165, 1.54) is 37.6 Å². The zero-order valence-electron chi connectivity index (χ0n) is 15.0. The first-order chi connectivity index (χ1) is 13.1. The second-order valence-corrected chi connectivity index (χ2v) is 10.6. The minimum absolute atomic E-state index is 0.0330. The zero-order chi connectivity index (χ0) is 20.5. The van der Waals surface area contributed by atoms with Crippen LogP contribution in [-0.4, -0.2) is 40.2 Å². The molecule has 3 rings (SSSR count). The van der Waals surface area contributed by atoms with Crippen LogP contribution in [0.4, 0.5) is 10.8 Å². The normalized spacial score (nSPS) is 12.3. The second kappa shape index (κ2) is 7.60. The molecule has 2 aromatic carbocycles. The summed E-state index contributed by atoms with van der Waals surface area (Å²) in [6, 6.07) is 12.5. The van der Waals surface area contributed by atoms with Crippen molar-refractivity contribution in [1.82, 2.24) is 9.29 Å². The first-order valence-electron chi connectivity index (χ1n) is 7.96. The predicted octanol–water partition coefficient (Wildman–Crippen LogP) is 2.45. The van der Waals surface area contributed by atoms with Gasteiger partial charge in [0.1, 0.15) is 0 Å². The number of nitrogens with two attached hydrogens (primary N) is 1. The van der Waals surface area contributed by atoms with Gasteiger partial charge < -0.3 is 5.32 Å². The van der Waals surface area contributed by atoms with Crippen molar-refractivity contribution in [2.24, 2.45) is 5.14 Å². The smallest absolute Gasteiger partial charge is 0.242 e. The van der Waals surface area contributed by atoms with E-state index in [0.717, 1.165) is 9.87 Å². The number of rotatable bonds is 6. The molecule has 0 aliphatic carbocycles. The minimum atomic E-state index is -3.73. The third kappa shape index (κ3) is 4.39. The summed E-state index contributed by atoms with van der Waals surface area (Å²) < 4.78 is 48.0. The fourth-order valence-electron chi connectivity index (χ4n) is 2.32. The van der Waals surface area contributed by atoms with Crippen LogP contribution in [0.3, 0.4) is 0 Å². The highest BCUT2D eigenvalue weighted by Crippen LogP contribution is 2.28. The molecule has 0 fully saturated rings. The molecule has 0 aliphatic rings. The molecule has 0 unspecified atom stereocenters. The topological polar surface area (TPSA) is 122 Å². The van der Waals surface area contributed by atoms with Crippen LogP contribution in [-0.2, 0) is 20.0 Å². The van der Waals surface area contributed by atoms with Gasteiger partial charge >= 0.3 is 0 Å². The van der Waals surface area contributed by atoms with E-state index in [1.54, 1.807) is 36.4 Å². The van der Waals surface area contributed by atoms with Crippen LogP contribution in [0.5, 0.6) is 0 Å². The van der Waals surface area contributed by atoms with Crippen molar-refractivity contribution in [3.63, 3.8) is 0 Å². The van der Waals surface area contributed by atoms with Gasteiger partial charge in [-0.3, -0.25) is 0 Å². The highest BCUT2D eigenvalue weighted by Gasteiger charge is 2.17. The van der Waals surface area contributed by atoms with Gasteiger partial charge in [0.15, 0.2) is 5.13 Å². The van der Waals surface area contributed by atoms with Crippen molar-refractivity contribution in [3.05, 3.63) is 53.9 Å². The summed E-state index contributed by atoms with van der Waals surface area (Å²) in [5.41, 5.74) is 2.15. The number of hydrogen-bond donors (Lipinski definition) is 2. The lowest BCUT2D eigenvalue weighted by molar-refractivity contribution is 0.521. The Morgan fingerprint density at radius 3 is 2.04 bits per heavy atom. The number of sulfonamides is 2. The Kier molecular flexibility index (Phi) is 5.55. The molecule has 1 heterocycles. The molecule has 28 heavy (non-hydrogen) atoms. The molecule has 0 saturated heterocycles. The molecule has 0 radical (unpaired) electrons. The number of hydrogen-bond acceptors (Lipinski definition) is 7. The van der Waals surface area contributed by atoms with Gasteiger partial charge in [-0.15, -0.1) is 11.3 Å². The molecule has 0 atom stereocenters. The van der Waals surface area contributed by atoms with Crippen LogP contribution in [0.2, 0.25) is 0 Å². The van der Waals surface area contributed by atoms with Gasteiger partial charge in [0.2, 0.25) is 20.0 Å². The Labute approximate surface area is 167 Å². The molecule has 0 amide bonds. The molecule has 148 valence electrons. The van der Waals surface area contributed by atoms with Crippen molar-refractivity contribution >= 4 is 42.2 Å². The monoisotopic (exact) mass is 438 g/mol. The van der Waals surface area contributed by atoms with E-state index in [9.17, 15) is 16.8 Å². The van der Waals surface area contributed by atoms with Gasteiger partial charge in [0.05, 0.1) is 15.5 Å². The molecular formula is C17H18N4O4S3. The molecule has 0 saturated carbocycles. The molecule has 8 nitrogen and oxygen atoms in total. The van der Waals surface area contributed by atoms with Crippen LogP contribution >= 0.6 is 11.3 Å². The highest BCUT2D eigenvalue weighted by molar-refractivity contribution is 7.89. The van der Waals surface area contributed by atoms with Gasteiger partial charge in [-0.1, -0.05) is 12.1 Å². The second-order valence-electron chi connectivity index (χ2n) is 6.04. The van der Waals surface area contributed by atoms with Gasteiger partial charge in [-0.25, -0.2) is 31.3 Å². The van der Waals surface area contributed by atoms with Crippen LogP contribution in [0, 0.1) is 0 Å². The van der Waals surface area contributed by atoms with Crippen molar-refractivity contribution in [1.29, 1.82) is 0 Å². The van der Waals surface area contributed by atoms with Crippen LogP contribution in [0.1, 0.15) is 0 Å². The Balaban J connectivity index is 1.77. The lowest BCUT2D eigenvalue weighted by Crippen LogP contribution is -2.22. The summed E-state index contributed by atoms with van der Waals surface area (Å²) in [6.45, 7) is 0. The number of anilines is 2. The lowest BCUT2D eigenvalue weighted by atomic mass is 10.2. The van der Waals surface area contributed by atoms with E-state index in [-0.39, 0.29) is 9.79 Å². The van der Waals surface area contributed by atoms with Crippen molar-refractivity contribution in [2.45, 2.75) is 9.79 Å². The highest BCUT2D eigenvalue weighted by atomic mass is 32.2. The fraction of sp³-hybridized carbons (Fsp3) is 0.118. The van der Waals surface area contributed by atoms with Crippen LogP contribution < -0.4 is 10.5 Å². The molecule has 0 aliphatic heterocycles. The molecule has 1 aromatic heterocycles. The maximum absolute atomic E-state index is 12.1. The van der Waals surface area contributed by atoms with E-state index in [1.807, 2.05) is 5.38 Å². The average Bonchev–Trinajstić information content (AvgIpc) is 3.10. The van der Waals surface area contributed by atoms with E-state index in [0.29, 0.717) is 16.5 Å². The molecule has 11 heteroatoms. The largest absolute Gasteiger partial charge is 0.332 e. The molecule has 0 bridgehead atoms. The summed E-state index contributed by atoms with van der Waals surface area (Å²) in [7, 11) is -4.24. The quantitative estimate of drug-likeness (QED) is 0.609. The number of benzene rings is 2. The number of primary sulfonamides is 1. The number of aromatic nitrogens is 1. The summed E-state index contributed by atoms with van der Waals surface area (Å²) in [4.78, 5) is 4.72. The molecular weight excluding hydrogens is 420 g/mol. The summed E-state index contributed by atoms with van der Waals surface area (Å²) >= 11 is 1.37. The average molecular weight is 439 g/mol. The van der Waals surface area contributed by atoms with Crippen molar-refractivity contribution in [2.75, 3.05) is 19.4 Å². The Morgan fingerprint density at radius 2 is 1.50 bits per heavy atom. The first kappa shape index (κ1) is 20.4. The maximum Gasteiger partial charge on any atom is 0.242 e. The molecule has 0 spiro atoms. The van der Waals surface area contributed by atoms with Gasteiger partial charge in [0.25, 0.3) is 0 Å². The van der Waals surface area contributed by atoms with E-state index in [4.69, 9.17) is 5.14 Å². The Morgan fingerprint density at radius 1 is 0.929 bits per heavy atom. The fourth-order valence-corrected chi connectivity index (χ4v) is 4.48. The van der Waals surface area contributed by atoms with Crippen molar-refractivity contribution in [3.8, 4) is 11.3 Å².